The number of rotatable bonds is 9. The summed E-state index contributed by atoms with van der Waals surface area (Å²) in [5.41, 5.74) is 7.47. The number of aryl methyl sites for hydroxylation is 2. The normalized spacial score (nSPS) is 11.1. The highest BCUT2D eigenvalue weighted by atomic mass is 32.2. The Morgan fingerprint density at radius 2 is 1.93 bits per heavy atom. The number of nitrogens with one attached hydrogen (secondary N) is 1. The second kappa shape index (κ2) is 10.5. The molecule has 1 amide bonds. The zero-order valence-electron chi connectivity index (χ0n) is 18.4. The molecule has 1 aromatic heterocycles. The number of aromatic amines is 1. The van der Waals surface area contributed by atoms with E-state index in [1.165, 1.54) is 26.8 Å². The van der Waals surface area contributed by atoms with Gasteiger partial charge in [-0.25, -0.2) is 4.79 Å². The number of amides is 1. The van der Waals surface area contributed by atoms with E-state index in [-0.39, 0.29) is 29.1 Å². The van der Waals surface area contributed by atoms with Gasteiger partial charge in [0.25, 0.3) is 5.56 Å². The van der Waals surface area contributed by atoms with Gasteiger partial charge in [0.1, 0.15) is 5.82 Å². The van der Waals surface area contributed by atoms with E-state index in [0.717, 1.165) is 23.3 Å². The van der Waals surface area contributed by atoms with Gasteiger partial charge >= 0.3 is 5.69 Å². The van der Waals surface area contributed by atoms with Gasteiger partial charge in [0, 0.05) is 18.0 Å². The third-order valence-electron chi connectivity index (χ3n) is 4.91. The standard InChI is InChI=1S/C22H32N4O3S/c1-6-7-10-25(18(27)13-30-17-9-8-15(4)16(5)11-17)19-20(23)26(12-14(2)3)22(29)24-21(19)28/h8-9,11,14H,6-7,10,12-13,23H2,1-5H3,(H,24,28,29). The topological polar surface area (TPSA) is 101 Å². The lowest BCUT2D eigenvalue weighted by molar-refractivity contribution is -0.116. The largest absolute Gasteiger partial charge is 0.383 e. The molecule has 0 aliphatic carbocycles. The zero-order chi connectivity index (χ0) is 22.4. The molecule has 1 aromatic carbocycles. The molecule has 1 heterocycles. The molecule has 0 aliphatic heterocycles. The Labute approximate surface area is 181 Å². The van der Waals surface area contributed by atoms with Crippen LogP contribution in [0.25, 0.3) is 0 Å². The van der Waals surface area contributed by atoms with Crippen LogP contribution in [0.5, 0.6) is 0 Å². The molecule has 0 aliphatic rings. The highest BCUT2D eigenvalue weighted by Crippen LogP contribution is 2.24. The first kappa shape index (κ1) is 23.8. The fourth-order valence-electron chi connectivity index (χ4n) is 3.09. The molecule has 7 nitrogen and oxygen atoms in total. The minimum absolute atomic E-state index is 0.0399. The number of H-pyrrole nitrogens is 1. The fourth-order valence-corrected chi connectivity index (χ4v) is 3.96. The second-order valence-electron chi connectivity index (χ2n) is 7.93. The summed E-state index contributed by atoms with van der Waals surface area (Å²) in [6.07, 6.45) is 1.58. The number of hydrogen-bond donors (Lipinski definition) is 2. The maximum Gasteiger partial charge on any atom is 0.330 e. The molecule has 0 radical (unpaired) electrons. The third-order valence-corrected chi connectivity index (χ3v) is 5.89. The summed E-state index contributed by atoms with van der Waals surface area (Å²) in [5.74, 6) is 0.162. The number of carbonyl (C=O) groups excluding carboxylic acids is 1. The molecule has 2 aromatic rings. The van der Waals surface area contributed by atoms with Crippen molar-refractivity contribution < 1.29 is 4.79 Å². The highest BCUT2D eigenvalue weighted by Gasteiger charge is 2.24. The van der Waals surface area contributed by atoms with Crippen molar-refractivity contribution in [3.63, 3.8) is 0 Å². The molecule has 0 unspecified atom stereocenters. The van der Waals surface area contributed by atoms with Crippen molar-refractivity contribution in [2.75, 3.05) is 22.9 Å². The van der Waals surface area contributed by atoms with Gasteiger partial charge in [-0.05, 0) is 49.4 Å². The summed E-state index contributed by atoms with van der Waals surface area (Å²) in [6, 6.07) is 6.07. The number of benzene rings is 1. The predicted molar refractivity (Wildman–Crippen MR) is 124 cm³/mol. The highest BCUT2D eigenvalue weighted by molar-refractivity contribution is 8.00. The van der Waals surface area contributed by atoms with E-state index in [1.807, 2.05) is 52.8 Å². The summed E-state index contributed by atoms with van der Waals surface area (Å²) < 4.78 is 1.34. The first-order valence-electron chi connectivity index (χ1n) is 10.3. The van der Waals surface area contributed by atoms with E-state index in [0.29, 0.717) is 13.1 Å². The Balaban J connectivity index is 2.36. The van der Waals surface area contributed by atoms with Gasteiger partial charge in [0.2, 0.25) is 5.91 Å². The van der Waals surface area contributed by atoms with Crippen LogP contribution >= 0.6 is 11.8 Å². The number of thioether (sulfide) groups is 1. The molecule has 2 rings (SSSR count). The number of unbranched alkanes of at least 4 members (excludes halogenated alkanes) is 1. The van der Waals surface area contributed by atoms with Crippen molar-refractivity contribution in [3.8, 4) is 0 Å². The second-order valence-corrected chi connectivity index (χ2v) is 8.98. The van der Waals surface area contributed by atoms with Gasteiger partial charge in [-0.1, -0.05) is 33.3 Å². The number of anilines is 2. The molecule has 0 spiro atoms. The van der Waals surface area contributed by atoms with Gasteiger partial charge < -0.3 is 10.6 Å². The molecule has 0 bridgehead atoms. The monoisotopic (exact) mass is 432 g/mol. The number of nitrogens with zero attached hydrogens (tertiary/aromatic N) is 2. The smallest absolute Gasteiger partial charge is 0.330 e. The summed E-state index contributed by atoms with van der Waals surface area (Å²) in [5, 5.41) is 0. The molecule has 0 saturated carbocycles. The van der Waals surface area contributed by atoms with Crippen LogP contribution < -0.4 is 21.9 Å². The SMILES string of the molecule is CCCCN(C(=O)CSc1ccc(C)c(C)c1)c1c(N)n(CC(C)C)c(=O)[nH]c1=O. The first-order chi connectivity index (χ1) is 14.1. The van der Waals surface area contributed by atoms with Crippen LogP contribution in [0.2, 0.25) is 0 Å². The van der Waals surface area contributed by atoms with E-state index in [4.69, 9.17) is 5.73 Å². The molecule has 0 saturated heterocycles. The molecule has 164 valence electrons. The summed E-state index contributed by atoms with van der Waals surface area (Å²) in [6.45, 7) is 10.7. The van der Waals surface area contributed by atoms with E-state index >= 15 is 0 Å². The fraction of sp³-hybridized carbons (Fsp3) is 0.500. The van der Waals surface area contributed by atoms with Crippen molar-refractivity contribution >= 4 is 29.2 Å². The lowest BCUT2D eigenvalue weighted by Crippen LogP contribution is -2.42. The maximum atomic E-state index is 13.1. The van der Waals surface area contributed by atoms with E-state index in [9.17, 15) is 14.4 Å². The van der Waals surface area contributed by atoms with Crippen LogP contribution in [-0.2, 0) is 11.3 Å². The average Bonchev–Trinajstić information content (AvgIpc) is 2.68. The molecule has 30 heavy (non-hydrogen) atoms. The van der Waals surface area contributed by atoms with Crippen LogP contribution in [0.1, 0.15) is 44.7 Å². The van der Waals surface area contributed by atoms with Crippen molar-refractivity contribution in [1.82, 2.24) is 9.55 Å². The molecular weight excluding hydrogens is 400 g/mol. The lowest BCUT2D eigenvalue weighted by atomic mass is 10.1. The van der Waals surface area contributed by atoms with Crippen molar-refractivity contribution in [3.05, 3.63) is 50.2 Å². The Hall–Kier alpha value is -2.48. The van der Waals surface area contributed by atoms with Crippen LogP contribution in [0.15, 0.2) is 32.7 Å². The minimum atomic E-state index is -0.627. The predicted octanol–water partition coefficient (Wildman–Crippen LogP) is 3.32. The Kier molecular flexibility index (Phi) is 8.34. The third kappa shape index (κ3) is 5.78. The van der Waals surface area contributed by atoms with Gasteiger partial charge in [-0.15, -0.1) is 11.8 Å². The first-order valence-corrected chi connectivity index (χ1v) is 11.3. The number of carbonyl (C=O) groups is 1. The Morgan fingerprint density at radius 3 is 2.53 bits per heavy atom. The van der Waals surface area contributed by atoms with Crippen molar-refractivity contribution in [2.24, 2.45) is 5.92 Å². The number of aromatic nitrogens is 2. The van der Waals surface area contributed by atoms with E-state index in [1.54, 1.807) is 0 Å². The zero-order valence-corrected chi connectivity index (χ0v) is 19.3. The van der Waals surface area contributed by atoms with Crippen molar-refractivity contribution in [2.45, 2.75) is 58.9 Å². The quantitative estimate of drug-likeness (QED) is 0.592. The Morgan fingerprint density at radius 1 is 1.23 bits per heavy atom. The van der Waals surface area contributed by atoms with Gasteiger partial charge in [0.15, 0.2) is 5.69 Å². The maximum absolute atomic E-state index is 13.1. The lowest BCUT2D eigenvalue weighted by Gasteiger charge is -2.25. The molecule has 0 atom stereocenters. The van der Waals surface area contributed by atoms with Gasteiger partial charge in [-0.2, -0.15) is 0 Å². The average molecular weight is 433 g/mol. The van der Waals surface area contributed by atoms with Crippen LogP contribution in [0.3, 0.4) is 0 Å². The van der Waals surface area contributed by atoms with Gasteiger partial charge in [0.05, 0.1) is 5.75 Å². The van der Waals surface area contributed by atoms with E-state index in [2.05, 4.69) is 4.98 Å². The van der Waals surface area contributed by atoms with Gasteiger partial charge in [-0.3, -0.25) is 19.1 Å². The van der Waals surface area contributed by atoms with Crippen LogP contribution in [0, 0.1) is 19.8 Å². The van der Waals surface area contributed by atoms with Crippen molar-refractivity contribution in [1.29, 1.82) is 0 Å². The molecule has 0 fully saturated rings. The van der Waals surface area contributed by atoms with E-state index < -0.39 is 11.2 Å². The summed E-state index contributed by atoms with van der Waals surface area (Å²) >= 11 is 1.42. The number of hydrogen-bond acceptors (Lipinski definition) is 5. The minimum Gasteiger partial charge on any atom is -0.383 e. The van der Waals surface area contributed by atoms with Crippen LogP contribution in [0.4, 0.5) is 11.5 Å². The van der Waals surface area contributed by atoms with Crippen LogP contribution in [-0.4, -0.2) is 27.8 Å². The number of nitrogens with two attached hydrogens (primary N) is 1. The molecular formula is C22H32N4O3S. The summed E-state index contributed by atoms with van der Waals surface area (Å²) in [7, 11) is 0. The molecule has 3 N–H and O–H groups in total. The summed E-state index contributed by atoms with van der Waals surface area (Å²) in [4.78, 5) is 42.7. The molecule has 8 heteroatoms. The Bertz CT molecular complexity index is 1010. The number of nitrogen functional groups attached to an aromatic ring is 1.